The lowest BCUT2D eigenvalue weighted by Crippen LogP contribution is -2.31. The van der Waals surface area contributed by atoms with Crippen LogP contribution in [0.5, 0.6) is 0 Å². The summed E-state index contributed by atoms with van der Waals surface area (Å²) in [6, 6.07) is 17.7. The summed E-state index contributed by atoms with van der Waals surface area (Å²) in [6.07, 6.45) is 0. The van der Waals surface area contributed by atoms with Crippen LogP contribution < -0.4 is 5.32 Å². The van der Waals surface area contributed by atoms with E-state index in [0.29, 0.717) is 23.0 Å². The molecule has 1 aliphatic heterocycles. The van der Waals surface area contributed by atoms with Gasteiger partial charge in [-0.2, -0.15) is 4.68 Å². The number of ether oxygens (including phenoxy) is 1. The zero-order valence-electron chi connectivity index (χ0n) is 21.0. The Morgan fingerprint density at radius 1 is 1.08 bits per heavy atom. The van der Waals surface area contributed by atoms with E-state index in [2.05, 4.69) is 63.9 Å². The van der Waals surface area contributed by atoms with Crippen LogP contribution in [0.1, 0.15) is 44.9 Å². The molecule has 1 N–H and O–H groups in total. The van der Waals surface area contributed by atoms with Crippen molar-refractivity contribution >= 4 is 35.0 Å². The Hall–Kier alpha value is -3.57. The molecule has 1 atom stereocenters. The molecule has 2 aromatic heterocycles. The fourth-order valence-electron chi connectivity index (χ4n) is 4.07. The Morgan fingerprint density at radius 3 is 2.54 bits per heavy atom. The summed E-state index contributed by atoms with van der Waals surface area (Å²) in [6.45, 7) is 8.56. The summed E-state index contributed by atoms with van der Waals surface area (Å²) in [5.41, 5.74) is 4.29. The third kappa shape index (κ3) is 5.28. The number of hydrogen-bond acceptors (Lipinski definition) is 10. The molecule has 0 bridgehead atoms. The molecule has 0 aliphatic carbocycles. The highest BCUT2D eigenvalue weighted by atomic mass is 32.2. The maximum Gasteiger partial charge on any atom is 0.338 e. The Labute approximate surface area is 223 Å². The lowest BCUT2D eigenvalue weighted by Gasteiger charge is -2.29. The Balaban J connectivity index is 1.49. The highest BCUT2D eigenvalue weighted by Gasteiger charge is 2.36. The van der Waals surface area contributed by atoms with Gasteiger partial charge in [-0.15, -0.1) is 10.2 Å². The molecular formula is C26H27N7O2S2. The van der Waals surface area contributed by atoms with Gasteiger partial charge in [0.15, 0.2) is 4.34 Å². The van der Waals surface area contributed by atoms with E-state index < -0.39 is 12.0 Å². The molecule has 1 aliphatic rings. The minimum atomic E-state index is -0.524. The van der Waals surface area contributed by atoms with Crippen LogP contribution in [0.2, 0.25) is 0 Å². The highest BCUT2D eigenvalue weighted by Crippen LogP contribution is 2.38. The van der Waals surface area contributed by atoms with Crippen molar-refractivity contribution in [3.63, 3.8) is 0 Å². The van der Waals surface area contributed by atoms with Gasteiger partial charge in [0.2, 0.25) is 5.95 Å². The molecular weight excluding hydrogens is 506 g/mol. The topological polar surface area (TPSA) is 108 Å². The Kier molecular flexibility index (Phi) is 7.07. The van der Waals surface area contributed by atoms with Gasteiger partial charge in [-0.05, 0) is 33.9 Å². The van der Waals surface area contributed by atoms with Crippen LogP contribution in [0.3, 0.4) is 0 Å². The van der Waals surface area contributed by atoms with E-state index in [1.54, 1.807) is 11.6 Å². The summed E-state index contributed by atoms with van der Waals surface area (Å²) in [7, 11) is 0. The summed E-state index contributed by atoms with van der Waals surface area (Å²) in [5.74, 6) is 0.510. The van der Waals surface area contributed by atoms with Gasteiger partial charge in [0.25, 0.3) is 0 Å². The maximum atomic E-state index is 13.3. The third-order valence-corrected chi connectivity index (χ3v) is 8.09. The van der Waals surface area contributed by atoms with Crippen molar-refractivity contribution in [3.05, 3.63) is 77.0 Å². The van der Waals surface area contributed by atoms with Gasteiger partial charge in [-0.25, -0.2) is 4.79 Å². The van der Waals surface area contributed by atoms with E-state index in [-0.39, 0.29) is 12.0 Å². The van der Waals surface area contributed by atoms with Crippen LogP contribution in [-0.2, 0) is 14.9 Å². The van der Waals surface area contributed by atoms with Gasteiger partial charge in [-0.1, -0.05) is 104 Å². The molecule has 9 nitrogen and oxygen atoms in total. The van der Waals surface area contributed by atoms with E-state index in [9.17, 15) is 4.79 Å². The van der Waals surface area contributed by atoms with Gasteiger partial charge in [0.1, 0.15) is 11.0 Å². The van der Waals surface area contributed by atoms with E-state index in [0.717, 1.165) is 20.5 Å². The number of tetrazole rings is 1. The minimum Gasteiger partial charge on any atom is -0.463 e. The summed E-state index contributed by atoms with van der Waals surface area (Å²) in [5, 5.41) is 25.0. The molecule has 0 spiro atoms. The average molecular weight is 534 g/mol. The Morgan fingerprint density at radius 2 is 1.84 bits per heavy atom. The average Bonchev–Trinajstić information content (AvgIpc) is 3.56. The van der Waals surface area contributed by atoms with Crippen molar-refractivity contribution in [3.8, 4) is 10.6 Å². The molecule has 11 heteroatoms. The predicted molar refractivity (Wildman–Crippen MR) is 144 cm³/mol. The largest absolute Gasteiger partial charge is 0.463 e. The van der Waals surface area contributed by atoms with E-state index in [1.807, 2.05) is 42.5 Å². The van der Waals surface area contributed by atoms with Crippen LogP contribution in [0, 0.1) is 0 Å². The van der Waals surface area contributed by atoms with E-state index in [4.69, 9.17) is 4.74 Å². The highest BCUT2D eigenvalue weighted by molar-refractivity contribution is 8.01. The molecule has 37 heavy (non-hydrogen) atoms. The van der Waals surface area contributed by atoms with Gasteiger partial charge < -0.3 is 10.1 Å². The molecule has 0 radical (unpaired) electrons. The number of benzene rings is 2. The summed E-state index contributed by atoms with van der Waals surface area (Å²) in [4.78, 5) is 13.3. The number of fused-ring (bicyclic) bond motifs is 1. The number of aromatic nitrogens is 6. The van der Waals surface area contributed by atoms with Crippen molar-refractivity contribution in [2.75, 3.05) is 17.7 Å². The van der Waals surface area contributed by atoms with Gasteiger partial charge in [0, 0.05) is 17.0 Å². The van der Waals surface area contributed by atoms with Crippen LogP contribution >= 0.6 is 23.1 Å². The molecule has 5 rings (SSSR count). The first-order chi connectivity index (χ1) is 17.8. The quantitative estimate of drug-likeness (QED) is 0.256. The maximum absolute atomic E-state index is 13.3. The van der Waals surface area contributed by atoms with Crippen LogP contribution in [0.15, 0.2) is 70.2 Å². The zero-order chi connectivity index (χ0) is 26.0. The lowest BCUT2D eigenvalue weighted by atomic mass is 9.85. The number of nitrogens with one attached hydrogen (secondary N) is 1. The lowest BCUT2D eigenvalue weighted by molar-refractivity contribution is -0.139. The van der Waals surface area contributed by atoms with Gasteiger partial charge in [0.05, 0.1) is 12.2 Å². The number of anilines is 1. The van der Waals surface area contributed by atoms with Crippen molar-refractivity contribution in [2.24, 2.45) is 0 Å². The summed E-state index contributed by atoms with van der Waals surface area (Å²) < 4.78 is 7.92. The fraction of sp³-hybridized carbons (Fsp3) is 0.308. The van der Waals surface area contributed by atoms with Crippen molar-refractivity contribution in [1.29, 1.82) is 0 Å². The molecule has 4 aromatic rings. The Bertz CT molecular complexity index is 1420. The van der Waals surface area contributed by atoms with Crippen LogP contribution in [-0.4, -0.2) is 48.7 Å². The number of carbonyl (C=O) groups is 1. The monoisotopic (exact) mass is 533 g/mol. The zero-order valence-corrected chi connectivity index (χ0v) is 22.6. The van der Waals surface area contributed by atoms with Gasteiger partial charge >= 0.3 is 5.97 Å². The van der Waals surface area contributed by atoms with E-state index >= 15 is 0 Å². The second-order valence-corrected chi connectivity index (χ2v) is 11.7. The van der Waals surface area contributed by atoms with E-state index in [1.165, 1.54) is 28.7 Å². The SMILES string of the molecule is CCOC(=O)C1=C(CSc2nnc(-c3ccccc3)s2)Nc2nnnn2C1c1ccc(C(C)(C)C)cc1. The molecule has 0 saturated heterocycles. The van der Waals surface area contributed by atoms with Crippen molar-refractivity contribution in [1.82, 2.24) is 30.4 Å². The fourth-order valence-corrected chi connectivity index (χ4v) is 5.90. The van der Waals surface area contributed by atoms with Crippen molar-refractivity contribution in [2.45, 2.75) is 43.5 Å². The normalized spacial score (nSPS) is 15.3. The number of rotatable bonds is 7. The second kappa shape index (κ2) is 10.4. The molecule has 0 saturated carbocycles. The number of esters is 1. The first kappa shape index (κ1) is 25.1. The number of hydrogen-bond donors (Lipinski definition) is 1. The molecule has 0 fully saturated rings. The first-order valence-corrected chi connectivity index (χ1v) is 13.7. The van der Waals surface area contributed by atoms with Crippen molar-refractivity contribution < 1.29 is 9.53 Å². The smallest absolute Gasteiger partial charge is 0.338 e. The minimum absolute atomic E-state index is 0.00851. The number of nitrogens with zero attached hydrogens (tertiary/aromatic N) is 6. The van der Waals surface area contributed by atoms with Crippen LogP contribution in [0.25, 0.3) is 10.6 Å². The van der Waals surface area contributed by atoms with Gasteiger partial charge in [-0.3, -0.25) is 0 Å². The standard InChI is InChI=1S/C26H27N7O2S2/c1-5-35-23(34)20-19(15-36-25-30-28-22(37-25)17-9-7-6-8-10-17)27-24-29-31-32-33(24)21(20)16-11-13-18(14-12-16)26(2,3)4/h6-14,21H,5,15H2,1-4H3,(H,27,29,32). The van der Waals surface area contributed by atoms with Crippen LogP contribution in [0.4, 0.5) is 5.95 Å². The molecule has 0 amide bonds. The first-order valence-electron chi connectivity index (χ1n) is 11.9. The summed E-state index contributed by atoms with van der Waals surface area (Å²) >= 11 is 3.01. The molecule has 190 valence electrons. The third-order valence-electron chi connectivity index (χ3n) is 5.95. The predicted octanol–water partition coefficient (Wildman–Crippen LogP) is 5.11. The number of thioether (sulfide) groups is 1. The molecule has 1 unspecified atom stereocenters. The second-order valence-electron chi connectivity index (χ2n) is 9.49. The molecule has 3 heterocycles. The number of carbonyl (C=O) groups excluding carboxylic acids is 1. The molecule has 2 aromatic carbocycles.